The predicted octanol–water partition coefficient (Wildman–Crippen LogP) is 1.08. The van der Waals surface area contributed by atoms with Crippen LogP contribution >= 0.6 is 0 Å². The first-order chi connectivity index (χ1) is 13.3. The Kier molecular flexibility index (Phi) is 4.10. The zero-order chi connectivity index (χ0) is 20.2. The monoisotopic (exact) mass is 383 g/mol. The number of anilines is 2. The highest BCUT2D eigenvalue weighted by Gasteiger charge is 2.30. The molecule has 1 aliphatic rings. The number of carbonyl (C=O) groups is 1. The van der Waals surface area contributed by atoms with Gasteiger partial charge in [0.05, 0.1) is 0 Å². The summed E-state index contributed by atoms with van der Waals surface area (Å²) in [4.78, 5) is 43.3. The van der Waals surface area contributed by atoms with E-state index in [0.29, 0.717) is 12.5 Å². The van der Waals surface area contributed by atoms with Crippen molar-refractivity contribution in [3.63, 3.8) is 0 Å². The van der Waals surface area contributed by atoms with Gasteiger partial charge in [-0.1, -0.05) is 25.1 Å². The molecule has 9 heteroatoms. The molecule has 1 aromatic carbocycles. The van der Waals surface area contributed by atoms with E-state index in [2.05, 4.69) is 16.8 Å². The number of carboxylic acid groups (broad SMARTS) is 1. The summed E-state index contributed by atoms with van der Waals surface area (Å²) in [6, 6.07) is 7.92. The topological polar surface area (TPSA) is 102 Å². The molecule has 3 aromatic rings. The largest absolute Gasteiger partial charge is 0.480 e. The molecule has 0 bridgehead atoms. The second kappa shape index (κ2) is 6.36. The number of aromatic nitrogens is 4. The van der Waals surface area contributed by atoms with Crippen LogP contribution in [0.4, 0.5) is 11.6 Å². The molecular weight excluding hydrogens is 362 g/mol. The SMILES string of the molecule is Cc1ccccc1N1CC(C)Cn2c1nc1c2c(=O)n(CC(=O)O)c(=O)n1C. The third kappa shape index (κ3) is 2.62. The summed E-state index contributed by atoms with van der Waals surface area (Å²) in [6.45, 7) is 4.70. The van der Waals surface area contributed by atoms with Crippen LogP contribution in [0, 0.1) is 12.8 Å². The van der Waals surface area contributed by atoms with Crippen molar-refractivity contribution < 1.29 is 9.90 Å². The smallest absolute Gasteiger partial charge is 0.333 e. The molecule has 3 heterocycles. The van der Waals surface area contributed by atoms with Gasteiger partial charge in [0.2, 0.25) is 5.95 Å². The molecule has 0 radical (unpaired) electrons. The van der Waals surface area contributed by atoms with Crippen LogP contribution in [0.15, 0.2) is 33.9 Å². The Bertz CT molecular complexity index is 1220. The minimum Gasteiger partial charge on any atom is -0.480 e. The van der Waals surface area contributed by atoms with E-state index in [4.69, 9.17) is 5.11 Å². The van der Waals surface area contributed by atoms with E-state index < -0.39 is 23.8 Å². The molecule has 9 nitrogen and oxygen atoms in total. The zero-order valence-corrected chi connectivity index (χ0v) is 15.9. The summed E-state index contributed by atoms with van der Waals surface area (Å²) in [5, 5.41) is 9.09. The lowest BCUT2D eigenvalue weighted by Crippen LogP contribution is -2.42. The van der Waals surface area contributed by atoms with Crippen molar-refractivity contribution in [2.75, 3.05) is 11.4 Å². The van der Waals surface area contributed by atoms with Gasteiger partial charge in [0, 0.05) is 25.8 Å². The third-order valence-corrected chi connectivity index (χ3v) is 5.14. The van der Waals surface area contributed by atoms with E-state index in [0.717, 1.165) is 22.4 Å². The average molecular weight is 383 g/mol. The summed E-state index contributed by atoms with van der Waals surface area (Å²) >= 11 is 0. The van der Waals surface area contributed by atoms with E-state index in [1.807, 2.05) is 31.2 Å². The first-order valence-corrected chi connectivity index (χ1v) is 9.04. The number of para-hydroxylation sites is 1. The Morgan fingerprint density at radius 2 is 1.96 bits per heavy atom. The summed E-state index contributed by atoms with van der Waals surface area (Å²) in [7, 11) is 1.50. The van der Waals surface area contributed by atoms with E-state index >= 15 is 0 Å². The second-order valence-corrected chi connectivity index (χ2v) is 7.32. The molecule has 0 saturated carbocycles. The number of benzene rings is 1. The maximum absolute atomic E-state index is 13.0. The van der Waals surface area contributed by atoms with Gasteiger partial charge >= 0.3 is 11.7 Å². The summed E-state index contributed by atoms with van der Waals surface area (Å²) < 4.78 is 3.79. The molecule has 1 N–H and O–H groups in total. The van der Waals surface area contributed by atoms with Crippen molar-refractivity contribution in [3.8, 4) is 0 Å². The minimum absolute atomic E-state index is 0.231. The minimum atomic E-state index is -1.24. The first-order valence-electron chi connectivity index (χ1n) is 9.04. The molecule has 146 valence electrons. The van der Waals surface area contributed by atoms with Crippen LogP contribution in [0.25, 0.3) is 11.2 Å². The van der Waals surface area contributed by atoms with E-state index in [1.54, 1.807) is 4.57 Å². The second-order valence-electron chi connectivity index (χ2n) is 7.32. The number of rotatable bonds is 3. The molecule has 28 heavy (non-hydrogen) atoms. The van der Waals surface area contributed by atoms with E-state index in [1.165, 1.54) is 11.6 Å². The summed E-state index contributed by atoms with van der Waals surface area (Å²) in [5.74, 6) is -0.427. The number of imidazole rings is 1. The predicted molar refractivity (Wildman–Crippen MR) is 104 cm³/mol. The molecule has 0 saturated heterocycles. The number of fused-ring (bicyclic) bond motifs is 3. The molecule has 1 aliphatic heterocycles. The first kappa shape index (κ1) is 18.0. The van der Waals surface area contributed by atoms with Crippen molar-refractivity contribution in [2.45, 2.75) is 26.9 Å². The Labute approximate surface area is 160 Å². The summed E-state index contributed by atoms with van der Waals surface area (Å²) in [6.07, 6.45) is 0. The molecule has 1 unspecified atom stereocenters. The zero-order valence-electron chi connectivity index (χ0n) is 15.9. The van der Waals surface area contributed by atoms with Gasteiger partial charge in [-0.25, -0.2) is 9.36 Å². The lowest BCUT2D eigenvalue weighted by Gasteiger charge is -2.33. The molecule has 0 aliphatic carbocycles. The van der Waals surface area contributed by atoms with Crippen LogP contribution in [-0.2, 0) is 24.9 Å². The number of aliphatic carboxylic acids is 1. The van der Waals surface area contributed by atoms with Gasteiger partial charge in [-0.15, -0.1) is 0 Å². The van der Waals surface area contributed by atoms with Crippen molar-refractivity contribution in [2.24, 2.45) is 13.0 Å². The number of carboxylic acids is 1. The van der Waals surface area contributed by atoms with Crippen LogP contribution in [-0.4, -0.2) is 36.3 Å². The highest BCUT2D eigenvalue weighted by atomic mass is 16.4. The Hall–Kier alpha value is -3.36. The normalized spacial score (nSPS) is 16.4. The third-order valence-electron chi connectivity index (χ3n) is 5.14. The van der Waals surface area contributed by atoms with E-state index in [9.17, 15) is 14.4 Å². The van der Waals surface area contributed by atoms with Crippen LogP contribution < -0.4 is 16.1 Å². The maximum atomic E-state index is 13.0. The highest BCUT2D eigenvalue weighted by Crippen LogP contribution is 2.34. The van der Waals surface area contributed by atoms with Gasteiger partial charge in [-0.2, -0.15) is 4.98 Å². The Morgan fingerprint density at radius 3 is 2.64 bits per heavy atom. The van der Waals surface area contributed by atoms with Gasteiger partial charge in [-0.3, -0.25) is 14.2 Å². The van der Waals surface area contributed by atoms with Gasteiger partial charge in [0.1, 0.15) is 6.54 Å². The van der Waals surface area contributed by atoms with Gasteiger partial charge in [-0.05, 0) is 24.5 Å². The highest BCUT2D eigenvalue weighted by molar-refractivity contribution is 5.78. The molecule has 2 aromatic heterocycles. The molecule has 0 spiro atoms. The molecule has 0 fully saturated rings. The van der Waals surface area contributed by atoms with Crippen molar-refractivity contribution in [1.29, 1.82) is 0 Å². The number of aryl methyl sites for hydroxylation is 2. The van der Waals surface area contributed by atoms with Gasteiger partial charge < -0.3 is 14.6 Å². The lowest BCUT2D eigenvalue weighted by atomic mass is 10.1. The van der Waals surface area contributed by atoms with Crippen LogP contribution in [0.1, 0.15) is 12.5 Å². The summed E-state index contributed by atoms with van der Waals surface area (Å²) in [5.41, 5.74) is 1.26. The number of hydrogen-bond acceptors (Lipinski definition) is 5. The van der Waals surface area contributed by atoms with Crippen molar-refractivity contribution in [3.05, 3.63) is 50.7 Å². The van der Waals surface area contributed by atoms with Gasteiger partial charge in [0.25, 0.3) is 5.56 Å². The molecule has 4 rings (SSSR count). The maximum Gasteiger partial charge on any atom is 0.333 e. The average Bonchev–Trinajstić information content (AvgIpc) is 3.02. The van der Waals surface area contributed by atoms with Crippen LogP contribution in [0.5, 0.6) is 0 Å². The fourth-order valence-corrected chi connectivity index (χ4v) is 3.85. The molecule has 1 atom stereocenters. The van der Waals surface area contributed by atoms with Crippen LogP contribution in [0.2, 0.25) is 0 Å². The van der Waals surface area contributed by atoms with E-state index in [-0.39, 0.29) is 17.1 Å². The standard InChI is InChI=1S/C19H21N5O4/c1-11-8-22(13-7-5-4-6-12(13)2)18-20-16-15(23(18)9-11)17(27)24(10-14(25)26)19(28)21(16)3/h4-7,11H,8-10H2,1-3H3,(H,25,26). The Balaban J connectivity index is 2.04. The quantitative estimate of drug-likeness (QED) is 0.726. The van der Waals surface area contributed by atoms with Crippen molar-refractivity contribution in [1.82, 2.24) is 18.7 Å². The fraction of sp³-hybridized carbons (Fsp3) is 0.368. The van der Waals surface area contributed by atoms with Crippen molar-refractivity contribution >= 4 is 28.8 Å². The fourth-order valence-electron chi connectivity index (χ4n) is 3.85. The lowest BCUT2D eigenvalue weighted by molar-refractivity contribution is -0.137. The van der Waals surface area contributed by atoms with Gasteiger partial charge in [0.15, 0.2) is 11.2 Å². The van der Waals surface area contributed by atoms with Crippen LogP contribution in [0.3, 0.4) is 0 Å². The number of nitrogens with zero attached hydrogens (tertiary/aromatic N) is 5. The Morgan fingerprint density at radius 1 is 1.25 bits per heavy atom. The number of hydrogen-bond donors (Lipinski definition) is 1. The molecular formula is C19H21N5O4. The molecule has 0 amide bonds.